The molecule has 1 aromatic heterocycles. The maximum atomic E-state index is 11.9. The molecule has 0 radical (unpaired) electrons. The van der Waals surface area contributed by atoms with Gasteiger partial charge in [-0.15, -0.1) is 11.3 Å². The molecular weight excluding hydrogens is 352 g/mol. The van der Waals surface area contributed by atoms with Crippen molar-refractivity contribution in [2.24, 2.45) is 5.10 Å². The van der Waals surface area contributed by atoms with Gasteiger partial charge in [-0.2, -0.15) is 5.10 Å². The average Bonchev–Trinajstić information content (AvgIpc) is 2.84. The third kappa shape index (κ3) is 4.68. The first-order valence-corrected chi connectivity index (χ1v) is 8.03. The zero-order valence-electron chi connectivity index (χ0n) is 11.7. The maximum absolute atomic E-state index is 11.9. The van der Waals surface area contributed by atoms with Crippen LogP contribution in [0.5, 0.6) is 5.75 Å². The zero-order valence-corrected chi connectivity index (χ0v) is 14.1. The third-order valence-corrected chi connectivity index (χ3v) is 4.18. The molecule has 0 saturated heterocycles. The van der Waals surface area contributed by atoms with Crippen molar-refractivity contribution in [2.45, 2.75) is 20.0 Å². The molecule has 6 heteroatoms. The predicted octanol–water partition coefficient (Wildman–Crippen LogP) is 3.74. The van der Waals surface area contributed by atoms with E-state index >= 15 is 0 Å². The van der Waals surface area contributed by atoms with Crippen LogP contribution in [0, 0.1) is 6.92 Å². The summed E-state index contributed by atoms with van der Waals surface area (Å²) < 4.78 is 6.46. The fourth-order valence-electron chi connectivity index (χ4n) is 1.56. The number of benzene rings is 1. The highest BCUT2D eigenvalue weighted by Gasteiger charge is 2.13. The lowest BCUT2D eigenvalue weighted by Gasteiger charge is -2.12. The van der Waals surface area contributed by atoms with Crippen LogP contribution in [0.15, 0.2) is 45.3 Å². The lowest BCUT2D eigenvalue weighted by Crippen LogP contribution is -2.33. The second-order valence-corrected chi connectivity index (χ2v) is 6.28. The Kier molecular flexibility index (Phi) is 5.52. The number of carbonyl (C=O) groups excluding carboxylic acids is 1. The minimum absolute atomic E-state index is 0.291. The monoisotopic (exact) mass is 366 g/mol. The Bertz CT molecular complexity index is 655. The summed E-state index contributed by atoms with van der Waals surface area (Å²) in [5, 5.41) is 5.94. The van der Waals surface area contributed by atoms with Crippen LogP contribution in [0.4, 0.5) is 0 Å². The fourth-order valence-corrected chi connectivity index (χ4v) is 2.72. The van der Waals surface area contributed by atoms with Gasteiger partial charge in [0.25, 0.3) is 5.91 Å². The molecule has 21 heavy (non-hydrogen) atoms. The van der Waals surface area contributed by atoms with E-state index in [1.807, 2.05) is 36.6 Å². The standard InChI is InChI=1S/C15H15BrN2O2S/c1-10-6-7-21-14(10)9-17-18-15(19)11(2)20-13-5-3-4-12(16)8-13/h3-9,11H,1-2H3,(H,18,19). The molecule has 0 spiro atoms. The number of aryl methyl sites for hydroxylation is 1. The molecular formula is C15H15BrN2O2S. The molecule has 110 valence electrons. The van der Waals surface area contributed by atoms with E-state index < -0.39 is 6.10 Å². The number of halogens is 1. The quantitative estimate of drug-likeness (QED) is 0.647. The molecule has 0 aliphatic heterocycles. The van der Waals surface area contributed by atoms with Crippen LogP contribution in [-0.4, -0.2) is 18.2 Å². The van der Waals surface area contributed by atoms with Crippen molar-refractivity contribution < 1.29 is 9.53 Å². The molecule has 1 amide bonds. The number of hydrazone groups is 1. The Morgan fingerprint density at radius 1 is 1.48 bits per heavy atom. The number of amides is 1. The van der Waals surface area contributed by atoms with Crippen LogP contribution in [0.25, 0.3) is 0 Å². The van der Waals surface area contributed by atoms with Gasteiger partial charge in [0, 0.05) is 9.35 Å². The van der Waals surface area contributed by atoms with Crippen LogP contribution in [0.3, 0.4) is 0 Å². The Morgan fingerprint density at radius 3 is 2.95 bits per heavy atom. The summed E-state index contributed by atoms with van der Waals surface area (Å²) in [5.74, 6) is 0.338. The van der Waals surface area contributed by atoms with Gasteiger partial charge in [0.2, 0.25) is 0 Å². The van der Waals surface area contributed by atoms with E-state index in [2.05, 4.69) is 26.5 Å². The summed E-state index contributed by atoms with van der Waals surface area (Å²) in [6.07, 6.45) is 1.02. The van der Waals surface area contributed by atoms with Crippen LogP contribution < -0.4 is 10.2 Å². The maximum Gasteiger partial charge on any atom is 0.280 e. The molecule has 1 unspecified atom stereocenters. The van der Waals surface area contributed by atoms with Crippen LogP contribution in [-0.2, 0) is 4.79 Å². The summed E-state index contributed by atoms with van der Waals surface area (Å²) in [4.78, 5) is 12.9. The number of nitrogens with one attached hydrogen (secondary N) is 1. The van der Waals surface area contributed by atoms with E-state index in [4.69, 9.17) is 4.74 Å². The lowest BCUT2D eigenvalue weighted by atomic mass is 10.3. The number of ether oxygens (including phenoxy) is 1. The number of nitrogens with zero attached hydrogens (tertiary/aromatic N) is 1. The van der Waals surface area contributed by atoms with E-state index in [0.717, 1.165) is 14.9 Å². The molecule has 0 aliphatic rings. The zero-order chi connectivity index (χ0) is 15.2. The normalized spacial score (nSPS) is 12.3. The predicted molar refractivity (Wildman–Crippen MR) is 89.0 cm³/mol. The van der Waals surface area contributed by atoms with Crippen LogP contribution >= 0.6 is 27.3 Å². The second-order valence-electron chi connectivity index (χ2n) is 4.42. The van der Waals surface area contributed by atoms with Gasteiger partial charge in [0.15, 0.2) is 6.10 Å². The first-order valence-electron chi connectivity index (χ1n) is 6.35. The van der Waals surface area contributed by atoms with Crippen molar-refractivity contribution in [1.82, 2.24) is 5.43 Å². The van der Waals surface area contributed by atoms with Gasteiger partial charge in [0.1, 0.15) is 5.75 Å². The minimum atomic E-state index is -0.624. The Balaban J connectivity index is 1.88. The van der Waals surface area contributed by atoms with Crippen LogP contribution in [0.2, 0.25) is 0 Å². The van der Waals surface area contributed by atoms with E-state index in [0.29, 0.717) is 5.75 Å². The highest BCUT2D eigenvalue weighted by atomic mass is 79.9. The summed E-state index contributed by atoms with van der Waals surface area (Å²) in [7, 11) is 0. The average molecular weight is 367 g/mol. The molecule has 1 N–H and O–H groups in total. The smallest absolute Gasteiger partial charge is 0.280 e. The number of thiophene rings is 1. The number of rotatable bonds is 5. The molecule has 0 saturated carbocycles. The van der Waals surface area contributed by atoms with Gasteiger partial charge >= 0.3 is 0 Å². The minimum Gasteiger partial charge on any atom is -0.481 e. The highest BCUT2D eigenvalue weighted by Crippen LogP contribution is 2.18. The molecule has 0 aliphatic carbocycles. The summed E-state index contributed by atoms with van der Waals surface area (Å²) in [6.45, 7) is 3.68. The number of hydrogen-bond donors (Lipinski definition) is 1. The molecule has 1 atom stereocenters. The molecule has 1 heterocycles. The van der Waals surface area contributed by atoms with Gasteiger partial charge in [-0.25, -0.2) is 5.43 Å². The van der Waals surface area contributed by atoms with Gasteiger partial charge in [-0.1, -0.05) is 22.0 Å². The summed E-state index contributed by atoms with van der Waals surface area (Å²) in [6, 6.07) is 9.36. The number of carbonyl (C=O) groups is 1. The second kappa shape index (κ2) is 7.38. The Labute approximate surface area is 136 Å². The van der Waals surface area contributed by atoms with Crippen molar-refractivity contribution in [3.8, 4) is 5.75 Å². The SMILES string of the molecule is Cc1ccsc1C=NNC(=O)C(C)Oc1cccc(Br)c1. The van der Waals surface area contributed by atoms with Gasteiger partial charge in [-0.05, 0) is 49.1 Å². The van der Waals surface area contributed by atoms with Crippen molar-refractivity contribution in [2.75, 3.05) is 0 Å². The largest absolute Gasteiger partial charge is 0.481 e. The molecule has 4 nitrogen and oxygen atoms in total. The van der Waals surface area contributed by atoms with Gasteiger partial charge in [-0.3, -0.25) is 4.79 Å². The van der Waals surface area contributed by atoms with E-state index in [1.165, 1.54) is 0 Å². The van der Waals surface area contributed by atoms with E-state index in [9.17, 15) is 4.79 Å². The van der Waals surface area contributed by atoms with Crippen molar-refractivity contribution in [3.63, 3.8) is 0 Å². The third-order valence-electron chi connectivity index (χ3n) is 2.74. The summed E-state index contributed by atoms with van der Waals surface area (Å²) >= 11 is 4.93. The lowest BCUT2D eigenvalue weighted by molar-refractivity contribution is -0.127. The van der Waals surface area contributed by atoms with Gasteiger partial charge in [0.05, 0.1) is 6.21 Å². The molecule has 2 rings (SSSR count). The fraction of sp³-hybridized carbons (Fsp3) is 0.200. The topological polar surface area (TPSA) is 50.7 Å². The van der Waals surface area contributed by atoms with Crippen molar-refractivity contribution in [1.29, 1.82) is 0 Å². The van der Waals surface area contributed by atoms with E-state index in [-0.39, 0.29) is 5.91 Å². The van der Waals surface area contributed by atoms with Crippen molar-refractivity contribution in [3.05, 3.63) is 50.6 Å². The first kappa shape index (κ1) is 15.7. The highest BCUT2D eigenvalue weighted by molar-refractivity contribution is 9.10. The van der Waals surface area contributed by atoms with Crippen molar-refractivity contribution >= 4 is 39.4 Å². The van der Waals surface area contributed by atoms with Gasteiger partial charge < -0.3 is 4.74 Å². The molecule has 0 bridgehead atoms. The first-order chi connectivity index (χ1) is 10.1. The Hall–Kier alpha value is -1.66. The summed E-state index contributed by atoms with van der Waals surface area (Å²) in [5.41, 5.74) is 3.62. The number of hydrogen-bond acceptors (Lipinski definition) is 4. The van der Waals surface area contributed by atoms with E-state index in [1.54, 1.807) is 30.5 Å². The molecule has 0 fully saturated rings. The Morgan fingerprint density at radius 2 is 2.29 bits per heavy atom. The molecule has 2 aromatic rings. The molecule has 1 aromatic carbocycles. The van der Waals surface area contributed by atoms with Crippen LogP contribution in [0.1, 0.15) is 17.4 Å².